The molecule has 132 valence electrons. The molecule has 6 nitrogen and oxygen atoms in total. The lowest BCUT2D eigenvalue weighted by molar-refractivity contribution is 0.0299. The molecule has 1 N–H and O–H groups in total. The highest BCUT2D eigenvalue weighted by molar-refractivity contribution is 5.92. The van der Waals surface area contributed by atoms with Gasteiger partial charge in [0, 0.05) is 24.5 Å². The fourth-order valence-electron chi connectivity index (χ4n) is 3.15. The van der Waals surface area contributed by atoms with Gasteiger partial charge in [-0.05, 0) is 44.9 Å². The zero-order valence-electron chi connectivity index (χ0n) is 15.2. The Bertz CT molecular complexity index is 775. The van der Waals surface area contributed by atoms with Crippen molar-refractivity contribution in [3.05, 3.63) is 46.3 Å². The second-order valence-electron chi connectivity index (χ2n) is 6.52. The van der Waals surface area contributed by atoms with Crippen LogP contribution in [0.1, 0.15) is 32.9 Å². The van der Waals surface area contributed by atoms with E-state index in [9.17, 15) is 4.79 Å². The van der Waals surface area contributed by atoms with Gasteiger partial charge in [-0.25, -0.2) is 9.97 Å². The Labute approximate surface area is 148 Å². The summed E-state index contributed by atoms with van der Waals surface area (Å²) in [6, 6.07) is 5.97. The predicted octanol–water partition coefficient (Wildman–Crippen LogP) is 2.93. The molecule has 1 aromatic heterocycles. The van der Waals surface area contributed by atoms with E-state index in [4.69, 9.17) is 4.74 Å². The Kier molecular flexibility index (Phi) is 4.99. The van der Waals surface area contributed by atoms with Crippen molar-refractivity contribution in [2.24, 2.45) is 0 Å². The highest BCUT2D eigenvalue weighted by atomic mass is 16.5. The van der Waals surface area contributed by atoms with Crippen molar-refractivity contribution in [2.75, 3.05) is 31.6 Å². The number of morpholine rings is 1. The second-order valence-corrected chi connectivity index (χ2v) is 6.52. The lowest BCUT2D eigenvalue weighted by Gasteiger charge is -2.26. The first-order valence-electron chi connectivity index (χ1n) is 8.51. The fourth-order valence-corrected chi connectivity index (χ4v) is 3.15. The molecular weight excluding hydrogens is 316 g/mol. The van der Waals surface area contributed by atoms with Crippen LogP contribution >= 0.6 is 0 Å². The third-order valence-corrected chi connectivity index (χ3v) is 4.29. The van der Waals surface area contributed by atoms with Gasteiger partial charge in [0.1, 0.15) is 5.69 Å². The van der Waals surface area contributed by atoms with E-state index >= 15 is 0 Å². The first-order chi connectivity index (χ1) is 11.9. The average Bonchev–Trinajstić information content (AvgIpc) is 2.58. The molecule has 1 amide bonds. The maximum absolute atomic E-state index is 12.7. The van der Waals surface area contributed by atoms with E-state index in [1.54, 1.807) is 11.0 Å². The molecule has 1 saturated heterocycles. The van der Waals surface area contributed by atoms with Crippen molar-refractivity contribution in [3.8, 4) is 0 Å². The Hall–Kier alpha value is -2.47. The number of hydrogen-bond acceptors (Lipinski definition) is 5. The maximum atomic E-state index is 12.7. The third-order valence-electron chi connectivity index (χ3n) is 4.29. The van der Waals surface area contributed by atoms with Crippen LogP contribution in [-0.2, 0) is 4.74 Å². The van der Waals surface area contributed by atoms with Crippen LogP contribution in [0, 0.1) is 27.7 Å². The molecule has 0 saturated carbocycles. The molecule has 0 spiro atoms. The minimum atomic E-state index is -0.0748. The van der Waals surface area contributed by atoms with Gasteiger partial charge in [-0.1, -0.05) is 17.7 Å². The monoisotopic (exact) mass is 340 g/mol. The zero-order chi connectivity index (χ0) is 18.0. The molecule has 0 unspecified atom stereocenters. The van der Waals surface area contributed by atoms with Crippen molar-refractivity contribution in [1.29, 1.82) is 0 Å². The van der Waals surface area contributed by atoms with Crippen LogP contribution in [0.4, 0.5) is 11.6 Å². The predicted molar refractivity (Wildman–Crippen MR) is 97.4 cm³/mol. The number of anilines is 2. The topological polar surface area (TPSA) is 67.4 Å². The van der Waals surface area contributed by atoms with Gasteiger partial charge >= 0.3 is 0 Å². The van der Waals surface area contributed by atoms with E-state index in [0.29, 0.717) is 37.9 Å². The summed E-state index contributed by atoms with van der Waals surface area (Å²) in [5.41, 5.74) is 5.64. The van der Waals surface area contributed by atoms with E-state index in [-0.39, 0.29) is 5.91 Å². The van der Waals surface area contributed by atoms with Crippen molar-refractivity contribution < 1.29 is 9.53 Å². The first-order valence-corrected chi connectivity index (χ1v) is 8.51. The molecule has 1 aliphatic heterocycles. The van der Waals surface area contributed by atoms with Gasteiger partial charge in [-0.15, -0.1) is 0 Å². The second kappa shape index (κ2) is 7.19. The lowest BCUT2D eigenvalue weighted by atomic mass is 10.1. The standard InChI is InChI=1S/C19H24N4O2/c1-12-9-13(2)17(14(3)10-12)22-19-20-15(4)11-16(21-19)18(24)23-5-7-25-8-6-23/h9-11H,5-8H2,1-4H3,(H,20,21,22). The Balaban J connectivity index is 1.88. The van der Waals surface area contributed by atoms with Crippen LogP contribution in [-0.4, -0.2) is 47.1 Å². The van der Waals surface area contributed by atoms with Gasteiger partial charge in [-0.3, -0.25) is 4.79 Å². The summed E-state index contributed by atoms with van der Waals surface area (Å²) in [6.07, 6.45) is 0. The molecule has 0 bridgehead atoms. The first kappa shape index (κ1) is 17.4. The lowest BCUT2D eigenvalue weighted by Crippen LogP contribution is -2.41. The number of ether oxygens (including phenoxy) is 1. The summed E-state index contributed by atoms with van der Waals surface area (Å²) in [4.78, 5) is 23.4. The number of benzene rings is 1. The van der Waals surface area contributed by atoms with Crippen LogP contribution in [0.15, 0.2) is 18.2 Å². The van der Waals surface area contributed by atoms with E-state index in [1.807, 2.05) is 6.92 Å². The van der Waals surface area contributed by atoms with Crippen LogP contribution in [0.5, 0.6) is 0 Å². The molecule has 2 heterocycles. The van der Waals surface area contributed by atoms with E-state index in [0.717, 1.165) is 22.5 Å². The number of hydrogen-bond donors (Lipinski definition) is 1. The summed E-state index contributed by atoms with van der Waals surface area (Å²) in [5, 5.41) is 3.29. The average molecular weight is 340 g/mol. The van der Waals surface area contributed by atoms with E-state index in [1.165, 1.54) is 5.56 Å². The summed E-state index contributed by atoms with van der Waals surface area (Å²) in [6.45, 7) is 10.4. The van der Waals surface area contributed by atoms with Gasteiger partial charge in [-0.2, -0.15) is 0 Å². The highest BCUT2D eigenvalue weighted by Gasteiger charge is 2.21. The summed E-state index contributed by atoms with van der Waals surface area (Å²) >= 11 is 0. The van der Waals surface area contributed by atoms with Crippen molar-refractivity contribution in [3.63, 3.8) is 0 Å². The smallest absolute Gasteiger partial charge is 0.272 e. The number of aromatic nitrogens is 2. The van der Waals surface area contributed by atoms with Crippen molar-refractivity contribution in [1.82, 2.24) is 14.9 Å². The maximum Gasteiger partial charge on any atom is 0.272 e. The molecule has 3 rings (SSSR count). The van der Waals surface area contributed by atoms with Crippen molar-refractivity contribution in [2.45, 2.75) is 27.7 Å². The largest absolute Gasteiger partial charge is 0.378 e. The van der Waals surface area contributed by atoms with Crippen LogP contribution < -0.4 is 5.32 Å². The molecule has 6 heteroatoms. The molecule has 1 aliphatic rings. The number of aryl methyl sites for hydroxylation is 4. The Morgan fingerprint density at radius 1 is 1.04 bits per heavy atom. The highest BCUT2D eigenvalue weighted by Crippen LogP contribution is 2.24. The zero-order valence-corrected chi connectivity index (χ0v) is 15.2. The molecule has 1 fully saturated rings. The van der Waals surface area contributed by atoms with Crippen LogP contribution in [0.3, 0.4) is 0 Å². The molecule has 1 aromatic carbocycles. The van der Waals surface area contributed by atoms with Gasteiger partial charge in [0.2, 0.25) is 5.95 Å². The molecule has 25 heavy (non-hydrogen) atoms. The molecular formula is C19H24N4O2. The number of rotatable bonds is 3. The molecule has 0 radical (unpaired) electrons. The van der Waals surface area contributed by atoms with Crippen molar-refractivity contribution >= 4 is 17.5 Å². The quantitative estimate of drug-likeness (QED) is 0.930. The third kappa shape index (κ3) is 3.96. The summed E-state index contributed by atoms with van der Waals surface area (Å²) in [7, 11) is 0. The number of nitrogens with zero attached hydrogens (tertiary/aromatic N) is 3. The normalized spacial score (nSPS) is 14.5. The van der Waals surface area contributed by atoms with E-state index < -0.39 is 0 Å². The van der Waals surface area contributed by atoms with Gasteiger partial charge in [0.25, 0.3) is 5.91 Å². The fraction of sp³-hybridized carbons (Fsp3) is 0.421. The minimum Gasteiger partial charge on any atom is -0.378 e. The molecule has 2 aromatic rings. The SMILES string of the molecule is Cc1cc(C)c(Nc2nc(C)cc(C(=O)N3CCOCC3)n2)c(C)c1. The summed E-state index contributed by atoms with van der Waals surface area (Å²) in [5.74, 6) is 0.376. The number of carbonyl (C=O) groups excluding carboxylic acids is 1. The van der Waals surface area contributed by atoms with Crippen LogP contribution in [0.25, 0.3) is 0 Å². The molecule has 0 aliphatic carbocycles. The Morgan fingerprint density at radius 2 is 1.68 bits per heavy atom. The van der Waals surface area contributed by atoms with Gasteiger partial charge in [0.15, 0.2) is 0 Å². The number of amides is 1. The molecule has 0 atom stereocenters. The van der Waals surface area contributed by atoms with Gasteiger partial charge in [0.05, 0.1) is 13.2 Å². The Morgan fingerprint density at radius 3 is 2.32 bits per heavy atom. The van der Waals surface area contributed by atoms with Gasteiger partial charge < -0.3 is 15.0 Å². The van der Waals surface area contributed by atoms with E-state index in [2.05, 4.69) is 48.2 Å². The summed E-state index contributed by atoms with van der Waals surface area (Å²) < 4.78 is 5.31. The van der Waals surface area contributed by atoms with Crippen LogP contribution in [0.2, 0.25) is 0 Å². The minimum absolute atomic E-state index is 0.0748. The number of carbonyl (C=O) groups is 1. The number of nitrogens with one attached hydrogen (secondary N) is 1.